The van der Waals surface area contributed by atoms with Crippen LogP contribution in [0, 0.1) is 29.9 Å². The van der Waals surface area contributed by atoms with Gasteiger partial charge in [-0.15, -0.1) is 0 Å². The van der Waals surface area contributed by atoms with Gasteiger partial charge in [-0.05, 0) is 42.7 Å². The Balaban J connectivity index is 1.96. The van der Waals surface area contributed by atoms with Gasteiger partial charge in [-0.2, -0.15) is 0 Å². The molecule has 0 N–H and O–H groups in total. The third-order valence-electron chi connectivity index (χ3n) is 5.62. The van der Waals surface area contributed by atoms with Crippen LogP contribution in [0.15, 0.2) is 91.0 Å². The molecule has 0 amide bonds. The first-order valence-corrected chi connectivity index (χ1v) is 11.1. The van der Waals surface area contributed by atoms with Crippen LogP contribution >= 0.6 is 0 Å². The Morgan fingerprint density at radius 3 is 1.62 bits per heavy atom. The number of aryl methyl sites for hydroxylation is 2. The van der Waals surface area contributed by atoms with Crippen LogP contribution < -0.4 is 0 Å². The van der Waals surface area contributed by atoms with Crippen molar-refractivity contribution >= 4 is 23.7 Å². The number of hydrogen-bond acceptors (Lipinski definition) is 4. The Bertz CT molecular complexity index is 1130. The van der Waals surface area contributed by atoms with Gasteiger partial charge in [0, 0.05) is 4.92 Å². The van der Waals surface area contributed by atoms with E-state index in [1.54, 1.807) is 42.5 Å². The summed E-state index contributed by atoms with van der Waals surface area (Å²) in [6.45, 7) is 3.41. The van der Waals surface area contributed by atoms with Crippen LogP contribution in [0.4, 0.5) is 0 Å². The standard InChI is InChI=1S/C29H27NO4/c1-21-8-12-23(13-9-21)16-18-27(31)29(26(20-30(33)34)25-6-4-3-5-7-25)28(32)19-17-24-14-10-22(2)11-15-24/h3-19,26,29H,20H2,1-2H3/b18-16+,19-17+/t26-/m0/s1. The van der Waals surface area contributed by atoms with Gasteiger partial charge in [-0.1, -0.05) is 102 Å². The maximum Gasteiger partial charge on any atom is 0.211 e. The normalized spacial score (nSPS) is 12.3. The molecule has 0 spiro atoms. The zero-order chi connectivity index (χ0) is 24.5. The quantitative estimate of drug-likeness (QED) is 0.167. The number of allylic oxidation sites excluding steroid dienone is 2. The van der Waals surface area contributed by atoms with E-state index in [-0.39, 0.29) is 0 Å². The van der Waals surface area contributed by atoms with Gasteiger partial charge in [0.1, 0.15) is 0 Å². The lowest BCUT2D eigenvalue weighted by Crippen LogP contribution is -2.32. The molecule has 0 radical (unpaired) electrons. The highest BCUT2D eigenvalue weighted by molar-refractivity contribution is 6.14. The van der Waals surface area contributed by atoms with Crippen LogP contribution in [0.3, 0.4) is 0 Å². The summed E-state index contributed by atoms with van der Waals surface area (Å²) in [6.07, 6.45) is 5.98. The highest BCUT2D eigenvalue weighted by Crippen LogP contribution is 2.28. The molecule has 0 unspecified atom stereocenters. The Morgan fingerprint density at radius 2 is 1.21 bits per heavy atom. The van der Waals surface area contributed by atoms with Crippen molar-refractivity contribution in [3.63, 3.8) is 0 Å². The van der Waals surface area contributed by atoms with E-state index in [4.69, 9.17) is 0 Å². The summed E-state index contributed by atoms with van der Waals surface area (Å²) in [5, 5.41) is 11.5. The summed E-state index contributed by atoms with van der Waals surface area (Å²) in [5.74, 6) is -3.03. The number of nitro groups is 1. The van der Waals surface area contributed by atoms with Crippen LogP contribution in [-0.2, 0) is 9.59 Å². The minimum atomic E-state index is -1.21. The van der Waals surface area contributed by atoms with Crippen molar-refractivity contribution < 1.29 is 14.5 Å². The first-order chi connectivity index (χ1) is 16.3. The highest BCUT2D eigenvalue weighted by Gasteiger charge is 2.36. The maximum absolute atomic E-state index is 13.3. The number of ketones is 2. The molecule has 0 fully saturated rings. The lowest BCUT2D eigenvalue weighted by atomic mass is 9.80. The van der Waals surface area contributed by atoms with Crippen LogP contribution in [-0.4, -0.2) is 23.0 Å². The zero-order valence-corrected chi connectivity index (χ0v) is 19.3. The van der Waals surface area contributed by atoms with Crippen molar-refractivity contribution in [3.8, 4) is 0 Å². The predicted molar refractivity (Wildman–Crippen MR) is 135 cm³/mol. The van der Waals surface area contributed by atoms with E-state index in [9.17, 15) is 19.7 Å². The third kappa shape index (κ3) is 6.94. The number of carbonyl (C=O) groups is 2. The number of benzene rings is 3. The van der Waals surface area contributed by atoms with E-state index in [0.717, 1.165) is 22.3 Å². The zero-order valence-electron chi connectivity index (χ0n) is 19.3. The predicted octanol–water partition coefficient (Wildman–Crippen LogP) is 5.84. The molecule has 172 valence electrons. The smallest absolute Gasteiger partial charge is 0.211 e. The maximum atomic E-state index is 13.3. The third-order valence-corrected chi connectivity index (χ3v) is 5.62. The molecule has 1 atom stereocenters. The number of nitrogens with zero attached hydrogens (tertiary/aromatic N) is 1. The average molecular weight is 454 g/mol. The number of rotatable bonds is 10. The summed E-state index contributed by atoms with van der Waals surface area (Å²) in [7, 11) is 0. The fourth-order valence-electron chi connectivity index (χ4n) is 3.72. The van der Waals surface area contributed by atoms with Crippen molar-refractivity contribution in [3.05, 3.63) is 129 Å². The molecule has 0 bridgehead atoms. The second kappa shape index (κ2) is 11.7. The fraction of sp³-hybridized carbons (Fsp3) is 0.172. The lowest BCUT2D eigenvalue weighted by molar-refractivity contribution is -0.484. The van der Waals surface area contributed by atoms with Gasteiger partial charge in [0.15, 0.2) is 11.6 Å². The lowest BCUT2D eigenvalue weighted by Gasteiger charge is -2.20. The Labute approximate surface area is 199 Å². The van der Waals surface area contributed by atoms with Crippen LogP contribution in [0.1, 0.15) is 33.7 Å². The number of carbonyl (C=O) groups excluding carboxylic acids is 2. The van der Waals surface area contributed by atoms with Crippen LogP contribution in [0.25, 0.3) is 12.2 Å². The molecule has 0 saturated heterocycles. The summed E-state index contributed by atoms with van der Waals surface area (Å²) in [6, 6.07) is 23.9. The Hall–Kier alpha value is -4.12. The molecule has 3 aromatic carbocycles. The molecule has 0 aromatic heterocycles. The van der Waals surface area contributed by atoms with Gasteiger partial charge in [-0.25, -0.2) is 0 Å². The highest BCUT2D eigenvalue weighted by atomic mass is 16.6. The molecule has 0 aliphatic rings. The van der Waals surface area contributed by atoms with E-state index in [1.165, 1.54) is 12.2 Å². The monoisotopic (exact) mass is 453 g/mol. The van der Waals surface area contributed by atoms with E-state index in [0.29, 0.717) is 5.56 Å². The topological polar surface area (TPSA) is 77.3 Å². The summed E-state index contributed by atoms with van der Waals surface area (Å²) in [4.78, 5) is 37.7. The average Bonchev–Trinajstić information content (AvgIpc) is 2.83. The van der Waals surface area contributed by atoms with E-state index in [2.05, 4.69) is 0 Å². The van der Waals surface area contributed by atoms with Gasteiger partial charge in [0.05, 0.1) is 11.8 Å². The fourth-order valence-corrected chi connectivity index (χ4v) is 3.72. The minimum absolute atomic E-state index is 0.463. The second-order valence-corrected chi connectivity index (χ2v) is 8.30. The first kappa shape index (κ1) is 24.5. The van der Waals surface area contributed by atoms with Gasteiger partial charge in [0.25, 0.3) is 0 Å². The molecule has 5 heteroatoms. The molecule has 0 heterocycles. The van der Waals surface area contributed by atoms with E-state index < -0.39 is 34.9 Å². The van der Waals surface area contributed by atoms with Crippen molar-refractivity contribution in [1.82, 2.24) is 0 Å². The second-order valence-electron chi connectivity index (χ2n) is 8.30. The Kier molecular flexibility index (Phi) is 8.41. The molecule has 5 nitrogen and oxygen atoms in total. The molecule has 0 aliphatic carbocycles. The van der Waals surface area contributed by atoms with Gasteiger partial charge < -0.3 is 0 Å². The molecule has 0 saturated carbocycles. The van der Waals surface area contributed by atoms with E-state index in [1.807, 2.05) is 62.4 Å². The summed E-state index contributed by atoms with van der Waals surface area (Å²) >= 11 is 0. The van der Waals surface area contributed by atoms with Gasteiger partial charge >= 0.3 is 0 Å². The van der Waals surface area contributed by atoms with E-state index >= 15 is 0 Å². The first-order valence-electron chi connectivity index (χ1n) is 11.1. The largest absolute Gasteiger partial charge is 0.294 e. The molecular formula is C29H27NO4. The number of hydrogen-bond donors (Lipinski definition) is 0. The Morgan fingerprint density at radius 1 is 0.765 bits per heavy atom. The van der Waals surface area contributed by atoms with Crippen molar-refractivity contribution in [2.24, 2.45) is 5.92 Å². The van der Waals surface area contributed by atoms with Gasteiger partial charge in [0.2, 0.25) is 6.54 Å². The minimum Gasteiger partial charge on any atom is -0.294 e. The molecule has 34 heavy (non-hydrogen) atoms. The molecular weight excluding hydrogens is 426 g/mol. The van der Waals surface area contributed by atoms with Crippen LogP contribution in [0.5, 0.6) is 0 Å². The van der Waals surface area contributed by atoms with Crippen molar-refractivity contribution in [1.29, 1.82) is 0 Å². The van der Waals surface area contributed by atoms with Crippen molar-refractivity contribution in [2.75, 3.05) is 6.54 Å². The SMILES string of the molecule is Cc1ccc(/C=C/C(=O)C(C(=O)/C=C/c2ccc(C)cc2)[C@@H](C[N+](=O)[O-])c2ccccc2)cc1. The molecule has 0 aliphatic heterocycles. The van der Waals surface area contributed by atoms with Crippen molar-refractivity contribution in [2.45, 2.75) is 19.8 Å². The molecule has 3 aromatic rings. The summed E-state index contributed by atoms with van der Waals surface area (Å²) < 4.78 is 0. The van der Waals surface area contributed by atoms with Gasteiger partial charge in [-0.3, -0.25) is 19.7 Å². The van der Waals surface area contributed by atoms with Crippen LogP contribution in [0.2, 0.25) is 0 Å². The molecule has 3 rings (SSSR count). The summed E-state index contributed by atoms with van der Waals surface area (Å²) in [5.41, 5.74) is 4.39.